The van der Waals surface area contributed by atoms with Crippen LogP contribution in [-0.2, 0) is 17.8 Å². The van der Waals surface area contributed by atoms with Gasteiger partial charge in [-0.2, -0.15) is 0 Å². The smallest absolute Gasteiger partial charge is 0.224 e. The van der Waals surface area contributed by atoms with E-state index in [1.54, 1.807) is 12.4 Å². The maximum Gasteiger partial charge on any atom is 0.224 e. The van der Waals surface area contributed by atoms with Gasteiger partial charge in [-0.1, -0.05) is 0 Å². The van der Waals surface area contributed by atoms with Gasteiger partial charge in [0.1, 0.15) is 11.3 Å². The van der Waals surface area contributed by atoms with Gasteiger partial charge in [0.2, 0.25) is 5.91 Å². The molecular formula is C15H19ClN4O. The molecule has 0 bridgehead atoms. The van der Waals surface area contributed by atoms with Gasteiger partial charge in [-0.3, -0.25) is 9.78 Å². The van der Waals surface area contributed by atoms with E-state index in [9.17, 15) is 4.79 Å². The number of amides is 1. The number of fused-ring (bicyclic) bond motifs is 1. The Bertz CT molecular complexity index is 634. The zero-order valence-corrected chi connectivity index (χ0v) is 12.7. The van der Waals surface area contributed by atoms with Crippen LogP contribution in [0.2, 0.25) is 0 Å². The van der Waals surface area contributed by atoms with Crippen LogP contribution < -0.4 is 0 Å². The number of aryl methyl sites for hydroxylation is 2. The third-order valence-corrected chi connectivity index (χ3v) is 4.14. The van der Waals surface area contributed by atoms with E-state index in [4.69, 9.17) is 11.6 Å². The Balaban J connectivity index is 1.78. The highest BCUT2D eigenvalue weighted by atomic mass is 35.5. The van der Waals surface area contributed by atoms with Crippen LogP contribution >= 0.6 is 11.6 Å². The SMILES string of the molecule is O=C(CCn1c(CCCl)nc2cnccc21)N1CCCC1. The van der Waals surface area contributed by atoms with Gasteiger partial charge < -0.3 is 9.47 Å². The number of aromatic nitrogens is 3. The van der Waals surface area contributed by atoms with Crippen molar-refractivity contribution in [1.82, 2.24) is 19.4 Å². The van der Waals surface area contributed by atoms with Crippen LogP contribution in [0.4, 0.5) is 0 Å². The molecule has 3 rings (SSSR count). The lowest BCUT2D eigenvalue weighted by Crippen LogP contribution is -2.28. The number of carbonyl (C=O) groups is 1. The predicted octanol–water partition coefficient (Wildman–Crippen LogP) is 2.23. The van der Waals surface area contributed by atoms with Gasteiger partial charge in [-0.15, -0.1) is 11.6 Å². The van der Waals surface area contributed by atoms with Crippen LogP contribution in [0.5, 0.6) is 0 Å². The van der Waals surface area contributed by atoms with E-state index in [-0.39, 0.29) is 5.91 Å². The second-order valence-electron chi connectivity index (χ2n) is 5.32. The van der Waals surface area contributed by atoms with E-state index in [2.05, 4.69) is 14.5 Å². The number of rotatable bonds is 5. The zero-order chi connectivity index (χ0) is 14.7. The number of likely N-dealkylation sites (tertiary alicyclic amines) is 1. The molecule has 1 saturated heterocycles. The molecule has 0 saturated carbocycles. The summed E-state index contributed by atoms with van der Waals surface area (Å²) in [5.74, 6) is 1.69. The summed E-state index contributed by atoms with van der Waals surface area (Å²) in [7, 11) is 0. The molecule has 0 unspecified atom stereocenters. The van der Waals surface area contributed by atoms with Crippen LogP contribution in [0.15, 0.2) is 18.5 Å². The number of hydrogen-bond acceptors (Lipinski definition) is 3. The second kappa shape index (κ2) is 6.43. The third kappa shape index (κ3) is 3.02. The summed E-state index contributed by atoms with van der Waals surface area (Å²) in [5, 5.41) is 0. The summed E-state index contributed by atoms with van der Waals surface area (Å²) in [6.07, 6.45) is 6.99. The average Bonchev–Trinajstić information content (AvgIpc) is 3.13. The fourth-order valence-electron chi connectivity index (χ4n) is 2.89. The lowest BCUT2D eigenvalue weighted by Gasteiger charge is -2.16. The molecule has 0 spiro atoms. The molecule has 5 nitrogen and oxygen atoms in total. The van der Waals surface area contributed by atoms with Gasteiger partial charge in [0.15, 0.2) is 0 Å². The van der Waals surface area contributed by atoms with Gasteiger partial charge in [0, 0.05) is 44.6 Å². The monoisotopic (exact) mass is 306 g/mol. The second-order valence-corrected chi connectivity index (χ2v) is 5.70. The van der Waals surface area contributed by atoms with Crippen molar-refractivity contribution in [2.24, 2.45) is 0 Å². The van der Waals surface area contributed by atoms with Crippen molar-refractivity contribution < 1.29 is 4.79 Å². The highest BCUT2D eigenvalue weighted by Crippen LogP contribution is 2.17. The number of nitrogens with zero attached hydrogens (tertiary/aromatic N) is 4. The Morgan fingerprint density at radius 2 is 2.14 bits per heavy atom. The first-order chi connectivity index (χ1) is 10.3. The quantitative estimate of drug-likeness (QED) is 0.796. The standard InChI is InChI=1S/C15H19ClN4O/c16-6-3-14-18-12-11-17-7-4-13(12)20(14)10-5-15(21)19-8-1-2-9-19/h4,7,11H,1-3,5-6,8-10H2. The lowest BCUT2D eigenvalue weighted by atomic mass is 10.3. The summed E-state index contributed by atoms with van der Waals surface area (Å²) in [6.45, 7) is 2.46. The van der Waals surface area contributed by atoms with E-state index >= 15 is 0 Å². The van der Waals surface area contributed by atoms with Crippen molar-refractivity contribution in [2.45, 2.75) is 32.2 Å². The highest BCUT2D eigenvalue weighted by molar-refractivity contribution is 6.17. The largest absolute Gasteiger partial charge is 0.343 e. The summed E-state index contributed by atoms with van der Waals surface area (Å²) in [6, 6.07) is 1.94. The summed E-state index contributed by atoms with van der Waals surface area (Å²) in [4.78, 5) is 22.8. The Kier molecular flexibility index (Phi) is 4.39. The minimum Gasteiger partial charge on any atom is -0.343 e. The summed E-state index contributed by atoms with van der Waals surface area (Å²) < 4.78 is 2.10. The summed E-state index contributed by atoms with van der Waals surface area (Å²) >= 11 is 5.86. The van der Waals surface area contributed by atoms with Crippen LogP contribution in [0.25, 0.3) is 11.0 Å². The van der Waals surface area contributed by atoms with Crippen molar-refractivity contribution in [2.75, 3.05) is 19.0 Å². The van der Waals surface area contributed by atoms with Gasteiger partial charge in [-0.05, 0) is 18.9 Å². The normalized spacial score (nSPS) is 15.0. The fourth-order valence-corrected chi connectivity index (χ4v) is 3.06. The Labute approximate surface area is 128 Å². The molecule has 1 aliphatic rings. The number of halogens is 1. The Hall–Kier alpha value is -1.62. The third-order valence-electron chi connectivity index (χ3n) is 3.96. The molecule has 1 fully saturated rings. The molecule has 3 heterocycles. The van der Waals surface area contributed by atoms with Crippen molar-refractivity contribution in [3.63, 3.8) is 0 Å². The predicted molar refractivity (Wildman–Crippen MR) is 82.4 cm³/mol. The lowest BCUT2D eigenvalue weighted by molar-refractivity contribution is -0.130. The Morgan fingerprint density at radius 1 is 1.33 bits per heavy atom. The molecule has 0 N–H and O–H groups in total. The van der Waals surface area contributed by atoms with Gasteiger partial charge >= 0.3 is 0 Å². The van der Waals surface area contributed by atoms with Crippen LogP contribution in [-0.4, -0.2) is 44.3 Å². The fraction of sp³-hybridized carbons (Fsp3) is 0.533. The Morgan fingerprint density at radius 3 is 2.90 bits per heavy atom. The van der Waals surface area contributed by atoms with E-state index in [0.29, 0.717) is 25.3 Å². The van der Waals surface area contributed by atoms with E-state index < -0.39 is 0 Å². The average molecular weight is 307 g/mol. The maximum atomic E-state index is 12.2. The van der Waals surface area contributed by atoms with Crippen molar-refractivity contribution >= 4 is 28.5 Å². The number of imidazole rings is 1. The minimum atomic E-state index is 0.236. The van der Waals surface area contributed by atoms with E-state index in [0.717, 1.165) is 42.8 Å². The van der Waals surface area contributed by atoms with Crippen molar-refractivity contribution in [1.29, 1.82) is 0 Å². The molecule has 6 heteroatoms. The molecule has 0 radical (unpaired) electrons. The van der Waals surface area contributed by atoms with Gasteiger partial charge in [0.25, 0.3) is 0 Å². The van der Waals surface area contributed by atoms with Gasteiger partial charge in [-0.25, -0.2) is 4.98 Å². The van der Waals surface area contributed by atoms with E-state index in [1.807, 2.05) is 11.0 Å². The number of hydrogen-bond donors (Lipinski definition) is 0. The van der Waals surface area contributed by atoms with Crippen LogP contribution in [0.3, 0.4) is 0 Å². The number of alkyl halides is 1. The molecule has 1 aliphatic heterocycles. The molecule has 2 aromatic rings. The molecule has 21 heavy (non-hydrogen) atoms. The maximum absolute atomic E-state index is 12.2. The molecular weight excluding hydrogens is 288 g/mol. The molecule has 0 aromatic carbocycles. The first-order valence-corrected chi connectivity index (χ1v) is 7.96. The molecule has 0 aliphatic carbocycles. The minimum absolute atomic E-state index is 0.236. The molecule has 1 amide bonds. The first kappa shape index (κ1) is 14.3. The topological polar surface area (TPSA) is 51.0 Å². The van der Waals surface area contributed by atoms with Crippen molar-refractivity contribution in [3.05, 3.63) is 24.3 Å². The number of pyridine rings is 1. The highest BCUT2D eigenvalue weighted by Gasteiger charge is 2.18. The van der Waals surface area contributed by atoms with Crippen molar-refractivity contribution in [3.8, 4) is 0 Å². The molecule has 0 atom stereocenters. The van der Waals surface area contributed by atoms with Crippen LogP contribution in [0, 0.1) is 0 Å². The zero-order valence-electron chi connectivity index (χ0n) is 12.0. The van der Waals surface area contributed by atoms with E-state index in [1.165, 1.54) is 0 Å². The molecule has 2 aromatic heterocycles. The van der Waals surface area contributed by atoms with Crippen LogP contribution in [0.1, 0.15) is 25.1 Å². The first-order valence-electron chi connectivity index (χ1n) is 7.42. The number of carbonyl (C=O) groups excluding carboxylic acids is 1. The molecule has 112 valence electrons. The summed E-state index contributed by atoms with van der Waals surface area (Å²) in [5.41, 5.74) is 1.89. The van der Waals surface area contributed by atoms with Gasteiger partial charge in [0.05, 0.1) is 11.7 Å².